The van der Waals surface area contributed by atoms with Crippen molar-refractivity contribution in [3.63, 3.8) is 0 Å². The molecule has 2 nitrogen and oxygen atoms in total. The zero-order valence-electron chi connectivity index (χ0n) is 11.0. The van der Waals surface area contributed by atoms with E-state index >= 15 is 0 Å². The van der Waals surface area contributed by atoms with E-state index in [1.807, 2.05) is 20.8 Å². The minimum Gasteiger partial charge on any atom is -0.467 e. The normalized spacial score (nSPS) is 17.9. The lowest BCUT2D eigenvalue weighted by atomic mass is 10.0. The molecule has 3 heteroatoms. The van der Waals surface area contributed by atoms with E-state index in [9.17, 15) is 0 Å². The number of rotatable bonds is 1. The van der Waals surface area contributed by atoms with Crippen LogP contribution in [0.15, 0.2) is 18.2 Å². The van der Waals surface area contributed by atoms with E-state index in [1.54, 1.807) is 0 Å². The molecular weight excluding hydrogens is 230 g/mol. The summed E-state index contributed by atoms with van der Waals surface area (Å²) in [5.74, 6) is 0. The van der Waals surface area contributed by atoms with Gasteiger partial charge in [0.05, 0.1) is 0 Å². The number of fused-ring (bicyclic) bond motifs is 1. The second-order valence-electron chi connectivity index (χ2n) is 3.89. The molecule has 0 amide bonds. The molecule has 0 saturated carbocycles. The number of ether oxygens (including phenoxy) is 1. The molecular formula is C14H21NOS. The van der Waals surface area contributed by atoms with Crippen LogP contribution in [0.4, 0.5) is 5.69 Å². The smallest absolute Gasteiger partial charge is 0.261 e. The highest BCUT2D eigenvalue weighted by molar-refractivity contribution is 7.80. The van der Waals surface area contributed by atoms with Crippen molar-refractivity contribution in [2.45, 2.75) is 46.6 Å². The number of hydrogen-bond acceptors (Lipinski definition) is 2. The Morgan fingerprint density at radius 2 is 2.12 bits per heavy atom. The Hall–Kier alpha value is -1.09. The molecule has 1 atom stereocenters. The predicted octanol–water partition coefficient (Wildman–Crippen LogP) is 3.93. The summed E-state index contributed by atoms with van der Waals surface area (Å²) in [6, 6.07) is 6.45. The monoisotopic (exact) mass is 251 g/mol. The second kappa shape index (κ2) is 6.60. The van der Waals surface area contributed by atoms with E-state index < -0.39 is 0 Å². The fourth-order valence-corrected chi connectivity index (χ4v) is 2.11. The standard InChI is InChI=1S/C12H15NOS.C2H6/c1-3-9-4-5-11-10(7-9)6-8(2)14-12(15)13-11;1-2/h4-5,7-8H,3,6H2,1-2H3,(H,13,15);1-2H3. The largest absolute Gasteiger partial charge is 0.467 e. The van der Waals surface area contributed by atoms with Gasteiger partial charge in [0, 0.05) is 12.1 Å². The third kappa shape index (κ3) is 3.70. The second-order valence-corrected chi connectivity index (χ2v) is 4.26. The molecule has 1 aromatic carbocycles. The first-order valence-electron chi connectivity index (χ1n) is 6.28. The summed E-state index contributed by atoms with van der Waals surface area (Å²) in [6.45, 7) is 8.21. The van der Waals surface area contributed by atoms with Gasteiger partial charge in [-0.15, -0.1) is 0 Å². The van der Waals surface area contributed by atoms with Crippen LogP contribution in [0.3, 0.4) is 0 Å². The van der Waals surface area contributed by atoms with Crippen LogP contribution in [-0.4, -0.2) is 11.3 Å². The minimum atomic E-state index is 0.151. The molecule has 0 bridgehead atoms. The fourth-order valence-electron chi connectivity index (χ4n) is 1.83. The van der Waals surface area contributed by atoms with Crippen molar-refractivity contribution in [3.8, 4) is 0 Å². The Morgan fingerprint density at radius 3 is 2.76 bits per heavy atom. The third-order valence-electron chi connectivity index (χ3n) is 2.63. The average molecular weight is 251 g/mol. The minimum absolute atomic E-state index is 0.151. The quantitative estimate of drug-likeness (QED) is 0.764. The first-order valence-corrected chi connectivity index (χ1v) is 6.69. The van der Waals surface area contributed by atoms with E-state index in [0.29, 0.717) is 5.17 Å². The molecule has 1 unspecified atom stereocenters. The zero-order valence-corrected chi connectivity index (χ0v) is 11.9. The molecule has 1 heterocycles. The van der Waals surface area contributed by atoms with Gasteiger partial charge in [0.1, 0.15) is 6.10 Å². The molecule has 1 aromatic rings. The van der Waals surface area contributed by atoms with Gasteiger partial charge < -0.3 is 10.1 Å². The van der Waals surface area contributed by atoms with Crippen molar-refractivity contribution in [1.82, 2.24) is 0 Å². The topological polar surface area (TPSA) is 21.3 Å². The fraction of sp³-hybridized carbons (Fsp3) is 0.500. The Morgan fingerprint density at radius 1 is 1.41 bits per heavy atom. The molecule has 2 rings (SSSR count). The summed E-state index contributed by atoms with van der Waals surface area (Å²) in [4.78, 5) is 0. The first kappa shape index (κ1) is 14.0. The third-order valence-corrected chi connectivity index (χ3v) is 2.83. The summed E-state index contributed by atoms with van der Waals surface area (Å²) >= 11 is 5.07. The summed E-state index contributed by atoms with van der Waals surface area (Å²) in [5.41, 5.74) is 3.74. The molecule has 0 aliphatic carbocycles. The van der Waals surface area contributed by atoms with Crippen LogP contribution in [-0.2, 0) is 17.6 Å². The van der Waals surface area contributed by atoms with Crippen molar-refractivity contribution < 1.29 is 4.74 Å². The number of anilines is 1. The number of thiocarbonyl (C=S) groups is 1. The summed E-state index contributed by atoms with van der Waals surface area (Å²) in [7, 11) is 0. The molecule has 0 fully saturated rings. The zero-order chi connectivity index (χ0) is 12.8. The summed E-state index contributed by atoms with van der Waals surface area (Å²) in [6.07, 6.45) is 2.13. The van der Waals surface area contributed by atoms with E-state index in [2.05, 4.69) is 30.4 Å². The molecule has 0 aromatic heterocycles. The predicted molar refractivity (Wildman–Crippen MR) is 77.6 cm³/mol. The van der Waals surface area contributed by atoms with Crippen molar-refractivity contribution in [1.29, 1.82) is 0 Å². The summed E-state index contributed by atoms with van der Waals surface area (Å²) < 4.78 is 5.49. The van der Waals surface area contributed by atoms with Crippen LogP contribution in [0.25, 0.3) is 0 Å². The van der Waals surface area contributed by atoms with Crippen molar-refractivity contribution in [2.24, 2.45) is 0 Å². The van der Waals surface area contributed by atoms with Gasteiger partial charge in [-0.1, -0.05) is 32.9 Å². The van der Waals surface area contributed by atoms with Gasteiger partial charge in [-0.2, -0.15) is 0 Å². The van der Waals surface area contributed by atoms with Gasteiger partial charge in [-0.05, 0) is 42.8 Å². The highest BCUT2D eigenvalue weighted by atomic mass is 32.1. The van der Waals surface area contributed by atoms with Crippen LogP contribution in [0.1, 0.15) is 38.8 Å². The van der Waals surface area contributed by atoms with Crippen LogP contribution >= 0.6 is 12.2 Å². The number of aryl methyl sites for hydroxylation is 1. The number of hydrogen-bond donors (Lipinski definition) is 1. The van der Waals surface area contributed by atoms with Crippen molar-refractivity contribution in [2.75, 3.05) is 5.32 Å². The SMILES string of the molecule is CC.CCc1ccc2c(c1)CC(C)OC(=S)N2. The van der Waals surface area contributed by atoms with E-state index in [0.717, 1.165) is 18.5 Å². The molecule has 1 aliphatic heterocycles. The molecule has 94 valence electrons. The van der Waals surface area contributed by atoms with Crippen LogP contribution in [0.5, 0.6) is 0 Å². The Kier molecular flexibility index (Phi) is 5.42. The lowest BCUT2D eigenvalue weighted by molar-refractivity contribution is 0.217. The highest BCUT2D eigenvalue weighted by Gasteiger charge is 2.16. The van der Waals surface area contributed by atoms with Crippen LogP contribution < -0.4 is 5.32 Å². The van der Waals surface area contributed by atoms with Gasteiger partial charge in [0.25, 0.3) is 5.17 Å². The molecule has 17 heavy (non-hydrogen) atoms. The van der Waals surface area contributed by atoms with Gasteiger partial charge in [0.2, 0.25) is 0 Å². The van der Waals surface area contributed by atoms with Gasteiger partial charge in [0.15, 0.2) is 0 Å². The van der Waals surface area contributed by atoms with Gasteiger partial charge in [-0.25, -0.2) is 0 Å². The van der Waals surface area contributed by atoms with Gasteiger partial charge >= 0.3 is 0 Å². The van der Waals surface area contributed by atoms with E-state index in [4.69, 9.17) is 17.0 Å². The Bertz CT molecular complexity index is 390. The van der Waals surface area contributed by atoms with Crippen LogP contribution in [0, 0.1) is 0 Å². The average Bonchev–Trinajstić information content (AvgIpc) is 2.47. The molecule has 1 N–H and O–H groups in total. The maximum Gasteiger partial charge on any atom is 0.261 e. The van der Waals surface area contributed by atoms with Crippen LogP contribution in [0.2, 0.25) is 0 Å². The van der Waals surface area contributed by atoms with E-state index in [1.165, 1.54) is 11.1 Å². The van der Waals surface area contributed by atoms with Crippen molar-refractivity contribution >= 4 is 23.1 Å². The number of benzene rings is 1. The molecule has 0 radical (unpaired) electrons. The maximum absolute atomic E-state index is 5.49. The lowest BCUT2D eigenvalue weighted by Gasteiger charge is -2.09. The van der Waals surface area contributed by atoms with Crippen molar-refractivity contribution in [3.05, 3.63) is 29.3 Å². The van der Waals surface area contributed by atoms with E-state index in [-0.39, 0.29) is 6.10 Å². The van der Waals surface area contributed by atoms with Gasteiger partial charge in [-0.3, -0.25) is 0 Å². The lowest BCUT2D eigenvalue weighted by Crippen LogP contribution is -2.16. The highest BCUT2D eigenvalue weighted by Crippen LogP contribution is 2.23. The first-order chi connectivity index (χ1) is 8.19. The molecule has 0 spiro atoms. The number of nitrogens with one attached hydrogen (secondary N) is 1. The Labute approximate surface area is 109 Å². The molecule has 1 aliphatic rings. The summed E-state index contributed by atoms with van der Waals surface area (Å²) in [5, 5.41) is 3.59. The maximum atomic E-state index is 5.49. The molecule has 0 saturated heterocycles. The Balaban J connectivity index is 0.000000686.